The number of hydrogen-bond acceptors (Lipinski definition) is 6. The van der Waals surface area contributed by atoms with E-state index in [-0.39, 0.29) is 12.4 Å². The maximum absolute atomic E-state index is 14.3. The van der Waals surface area contributed by atoms with Gasteiger partial charge in [-0.2, -0.15) is 5.10 Å². The predicted octanol–water partition coefficient (Wildman–Crippen LogP) is 3.05. The molecule has 2 aliphatic rings. The second-order valence-electron chi connectivity index (χ2n) is 8.67. The van der Waals surface area contributed by atoms with Crippen LogP contribution in [0.15, 0.2) is 42.9 Å². The van der Waals surface area contributed by atoms with Crippen molar-refractivity contribution in [1.29, 1.82) is 0 Å². The number of piperidine rings is 1. The molecule has 0 bridgehead atoms. The van der Waals surface area contributed by atoms with Crippen molar-refractivity contribution < 1.29 is 14.2 Å². The van der Waals surface area contributed by atoms with E-state index in [9.17, 15) is 9.50 Å². The number of anilines is 1. The van der Waals surface area contributed by atoms with Gasteiger partial charge in [0.25, 0.3) is 0 Å². The minimum atomic E-state index is -0.882. The first kappa shape index (κ1) is 21.4. The van der Waals surface area contributed by atoms with Crippen LogP contribution in [0.25, 0.3) is 11.1 Å². The fourth-order valence-electron chi connectivity index (χ4n) is 3.84. The molecule has 3 heterocycles. The van der Waals surface area contributed by atoms with Crippen LogP contribution in [0.3, 0.4) is 0 Å². The molecule has 8 heteroatoms. The predicted molar refractivity (Wildman–Crippen MR) is 123 cm³/mol. The first-order valence-corrected chi connectivity index (χ1v) is 11.2. The fraction of sp³-hybridized carbons (Fsp3) is 0.360. The molecule has 3 aromatic rings. The van der Waals surface area contributed by atoms with Gasteiger partial charge in [0.05, 0.1) is 12.2 Å². The van der Waals surface area contributed by atoms with E-state index in [0.29, 0.717) is 35.8 Å². The summed E-state index contributed by atoms with van der Waals surface area (Å²) >= 11 is 0. The first-order valence-electron chi connectivity index (χ1n) is 11.2. The SMILES string of the molecule is Nc1ncc(-c2cnn(C3CCNCC3)c2)cc1OCc1cc(C#CC2(O)CC2)ccc1F. The maximum Gasteiger partial charge on any atom is 0.166 e. The summed E-state index contributed by atoms with van der Waals surface area (Å²) in [7, 11) is 0. The number of nitrogens with zero attached hydrogens (tertiary/aromatic N) is 3. The Morgan fingerprint density at radius 1 is 1.21 bits per heavy atom. The van der Waals surface area contributed by atoms with Crippen molar-refractivity contribution in [1.82, 2.24) is 20.1 Å². The third-order valence-corrected chi connectivity index (χ3v) is 6.09. The van der Waals surface area contributed by atoms with Gasteiger partial charge in [-0.15, -0.1) is 0 Å². The van der Waals surface area contributed by atoms with Gasteiger partial charge in [-0.3, -0.25) is 4.68 Å². The number of hydrogen-bond donors (Lipinski definition) is 3. The Balaban J connectivity index is 1.31. The van der Waals surface area contributed by atoms with Crippen LogP contribution >= 0.6 is 0 Å². The van der Waals surface area contributed by atoms with Crippen LogP contribution in [0.1, 0.15) is 42.9 Å². The van der Waals surface area contributed by atoms with Crippen molar-refractivity contribution in [3.8, 4) is 28.7 Å². The smallest absolute Gasteiger partial charge is 0.166 e. The molecule has 1 aromatic carbocycles. The van der Waals surface area contributed by atoms with E-state index in [1.165, 1.54) is 6.07 Å². The second kappa shape index (κ2) is 8.85. The van der Waals surface area contributed by atoms with Crippen molar-refractivity contribution in [2.75, 3.05) is 18.8 Å². The van der Waals surface area contributed by atoms with Crippen molar-refractivity contribution in [3.63, 3.8) is 0 Å². The Morgan fingerprint density at radius 3 is 2.82 bits per heavy atom. The quantitative estimate of drug-likeness (QED) is 0.520. The van der Waals surface area contributed by atoms with Crippen LogP contribution in [0.4, 0.5) is 10.2 Å². The zero-order valence-electron chi connectivity index (χ0n) is 18.2. The number of benzene rings is 1. The van der Waals surface area contributed by atoms with E-state index >= 15 is 0 Å². The number of aromatic nitrogens is 3. The third kappa shape index (κ3) is 5.00. The summed E-state index contributed by atoms with van der Waals surface area (Å²) in [6, 6.07) is 6.76. The summed E-state index contributed by atoms with van der Waals surface area (Å²) in [6.45, 7) is 1.96. The molecule has 0 atom stereocenters. The zero-order valence-corrected chi connectivity index (χ0v) is 18.2. The second-order valence-corrected chi connectivity index (χ2v) is 8.67. The lowest BCUT2D eigenvalue weighted by atomic mass is 10.1. The number of nitrogen functional groups attached to an aromatic ring is 1. The highest BCUT2D eigenvalue weighted by Gasteiger charge is 2.38. The normalized spacial score (nSPS) is 17.3. The molecule has 1 saturated carbocycles. The molecule has 1 aliphatic heterocycles. The van der Waals surface area contributed by atoms with E-state index in [4.69, 9.17) is 10.5 Å². The monoisotopic (exact) mass is 447 g/mol. The molecular weight excluding hydrogens is 421 g/mol. The number of rotatable bonds is 5. The summed E-state index contributed by atoms with van der Waals surface area (Å²) in [5.74, 6) is 5.96. The number of aliphatic hydroxyl groups is 1. The number of pyridine rings is 1. The Morgan fingerprint density at radius 2 is 2.03 bits per heavy atom. The van der Waals surface area contributed by atoms with Gasteiger partial charge in [-0.25, -0.2) is 9.37 Å². The van der Waals surface area contributed by atoms with E-state index in [2.05, 4.69) is 27.2 Å². The Kier molecular flexibility index (Phi) is 5.75. The topological polar surface area (TPSA) is 98.2 Å². The van der Waals surface area contributed by atoms with E-state index < -0.39 is 11.4 Å². The average molecular weight is 448 g/mol. The number of nitrogens with two attached hydrogens (primary N) is 1. The van der Waals surface area contributed by atoms with Gasteiger partial charge in [0, 0.05) is 34.6 Å². The highest BCUT2D eigenvalue weighted by Crippen LogP contribution is 2.34. The molecule has 0 spiro atoms. The van der Waals surface area contributed by atoms with Gasteiger partial charge in [-0.05, 0) is 63.0 Å². The lowest BCUT2D eigenvalue weighted by molar-refractivity contribution is 0.212. The largest absolute Gasteiger partial charge is 0.485 e. The van der Waals surface area contributed by atoms with Crippen LogP contribution in [0.2, 0.25) is 0 Å². The summed E-state index contributed by atoms with van der Waals surface area (Å²) in [5.41, 5.74) is 7.87. The molecule has 2 fully saturated rings. The summed E-state index contributed by atoms with van der Waals surface area (Å²) in [6.07, 6.45) is 8.96. The molecule has 4 N–H and O–H groups in total. The number of nitrogens with one attached hydrogen (secondary N) is 1. The molecule has 0 unspecified atom stereocenters. The van der Waals surface area contributed by atoms with Crippen LogP contribution in [-0.4, -0.2) is 38.6 Å². The van der Waals surface area contributed by atoms with E-state index in [1.807, 2.05) is 17.1 Å². The van der Waals surface area contributed by atoms with Crippen molar-refractivity contribution in [2.24, 2.45) is 0 Å². The number of ether oxygens (including phenoxy) is 1. The first-order chi connectivity index (χ1) is 16.0. The molecule has 1 saturated heterocycles. The third-order valence-electron chi connectivity index (χ3n) is 6.09. The molecule has 1 aliphatic carbocycles. The van der Waals surface area contributed by atoms with Crippen molar-refractivity contribution in [3.05, 3.63) is 59.8 Å². The van der Waals surface area contributed by atoms with Gasteiger partial charge < -0.3 is 20.9 Å². The summed E-state index contributed by atoms with van der Waals surface area (Å²) in [4.78, 5) is 4.25. The maximum atomic E-state index is 14.3. The molecule has 2 aromatic heterocycles. The van der Waals surface area contributed by atoms with Gasteiger partial charge >= 0.3 is 0 Å². The molecule has 7 nitrogen and oxygen atoms in total. The van der Waals surface area contributed by atoms with Gasteiger partial charge in [0.15, 0.2) is 11.6 Å². The Bertz CT molecular complexity index is 1220. The average Bonchev–Trinajstić information content (AvgIpc) is 3.37. The number of halogens is 1. The summed E-state index contributed by atoms with van der Waals surface area (Å²) in [5, 5.41) is 17.8. The standard InChI is InChI=1S/C25H26FN5O2/c26-22-2-1-17(3-6-25(32)7-8-25)11-19(22)16-33-23-12-18(13-29-24(23)27)20-14-30-31(15-20)21-4-9-28-10-5-21/h1-2,11-15,21,28,32H,4-5,7-10,16H2,(H2,27,29). The van der Waals surface area contributed by atoms with E-state index in [0.717, 1.165) is 37.1 Å². The molecule has 170 valence electrons. The molecular formula is C25H26FN5O2. The zero-order chi connectivity index (χ0) is 22.8. The van der Waals surface area contributed by atoms with E-state index in [1.54, 1.807) is 24.4 Å². The van der Waals surface area contributed by atoms with Crippen LogP contribution in [0.5, 0.6) is 5.75 Å². The van der Waals surface area contributed by atoms with Gasteiger partial charge in [0.1, 0.15) is 18.0 Å². The van der Waals surface area contributed by atoms with Crippen molar-refractivity contribution >= 4 is 5.82 Å². The van der Waals surface area contributed by atoms with Gasteiger partial charge in [-0.1, -0.05) is 11.8 Å². The van der Waals surface area contributed by atoms with Crippen LogP contribution in [-0.2, 0) is 6.61 Å². The highest BCUT2D eigenvalue weighted by molar-refractivity contribution is 5.65. The van der Waals surface area contributed by atoms with Gasteiger partial charge in [0.2, 0.25) is 0 Å². The highest BCUT2D eigenvalue weighted by atomic mass is 19.1. The Labute approximate surface area is 191 Å². The summed E-state index contributed by atoms with van der Waals surface area (Å²) < 4.78 is 22.2. The van der Waals surface area contributed by atoms with Crippen LogP contribution in [0, 0.1) is 17.7 Å². The minimum absolute atomic E-state index is 0.0186. The van der Waals surface area contributed by atoms with Crippen LogP contribution < -0.4 is 15.8 Å². The lowest BCUT2D eigenvalue weighted by Crippen LogP contribution is -2.29. The Hall–Kier alpha value is -3.41. The molecule has 33 heavy (non-hydrogen) atoms. The fourth-order valence-corrected chi connectivity index (χ4v) is 3.84. The minimum Gasteiger partial charge on any atom is -0.485 e. The molecule has 0 amide bonds. The van der Waals surface area contributed by atoms with Crippen molar-refractivity contribution in [2.45, 2.75) is 43.9 Å². The molecule has 0 radical (unpaired) electrons. The lowest BCUT2D eigenvalue weighted by Gasteiger charge is -2.22. The molecule has 5 rings (SSSR count).